The van der Waals surface area contributed by atoms with Gasteiger partial charge in [0.25, 0.3) is 5.91 Å². The Morgan fingerprint density at radius 3 is 2.37 bits per heavy atom. The molecule has 30 heavy (non-hydrogen) atoms. The molecule has 0 saturated heterocycles. The van der Waals surface area contributed by atoms with Gasteiger partial charge in [0, 0.05) is 22.4 Å². The van der Waals surface area contributed by atoms with Crippen LogP contribution < -0.4 is 11.1 Å². The van der Waals surface area contributed by atoms with Gasteiger partial charge in [-0.05, 0) is 42.5 Å². The molecule has 0 aliphatic heterocycles. The smallest absolute Gasteiger partial charge is 0.322 e. The Morgan fingerprint density at radius 1 is 0.933 bits per heavy atom. The number of ketones is 1. The zero-order valence-corrected chi connectivity index (χ0v) is 15.4. The molecule has 3 aromatic carbocycles. The fraction of sp³-hybridized carbons (Fsp3) is 0. The number of H-pyrrole nitrogens is 1. The second kappa shape index (κ2) is 7.96. The van der Waals surface area contributed by atoms with Crippen molar-refractivity contribution in [2.45, 2.75) is 0 Å². The Balaban J connectivity index is 1.61. The topological polar surface area (TPSA) is 105 Å². The number of nitrogens with one attached hydrogen (secondary N) is 2. The van der Waals surface area contributed by atoms with Crippen molar-refractivity contribution in [3.8, 4) is 11.4 Å². The quantitative estimate of drug-likeness (QED) is 0.495. The molecular weight excluding hydrogens is 389 g/mol. The van der Waals surface area contributed by atoms with Crippen LogP contribution in [0.5, 0.6) is 0 Å². The molecule has 1 aromatic heterocycles. The van der Waals surface area contributed by atoms with E-state index in [1.807, 2.05) is 0 Å². The molecule has 0 aliphatic rings. The fourth-order valence-electron chi connectivity index (χ4n) is 2.93. The number of rotatable bonds is 5. The molecule has 148 valence electrons. The van der Waals surface area contributed by atoms with Crippen LogP contribution in [0.1, 0.15) is 26.3 Å². The second-order valence-electron chi connectivity index (χ2n) is 6.36. The summed E-state index contributed by atoms with van der Waals surface area (Å²) in [6.07, 6.45) is 0. The normalized spacial score (nSPS) is 10.6. The summed E-state index contributed by atoms with van der Waals surface area (Å²) in [7, 11) is 0. The van der Waals surface area contributed by atoms with Crippen LogP contribution >= 0.6 is 0 Å². The number of aromatic nitrogens is 2. The lowest BCUT2D eigenvalue weighted by molar-refractivity contribution is 0.0996. The SMILES string of the molecule is O=C(Nc1cccc(-c2noc(=O)[nH]2)c1)c1ccccc1C(=O)c1ccc(F)cc1. The van der Waals surface area contributed by atoms with Crippen LogP contribution in [0.2, 0.25) is 0 Å². The predicted octanol–water partition coefficient (Wildman–Crippen LogP) is 3.65. The largest absolute Gasteiger partial charge is 0.439 e. The van der Waals surface area contributed by atoms with Gasteiger partial charge in [-0.15, -0.1) is 0 Å². The molecular formula is C22H14FN3O4. The van der Waals surface area contributed by atoms with E-state index in [1.165, 1.54) is 36.4 Å². The molecule has 4 aromatic rings. The molecule has 8 heteroatoms. The summed E-state index contributed by atoms with van der Waals surface area (Å²) < 4.78 is 17.6. The number of aromatic amines is 1. The summed E-state index contributed by atoms with van der Waals surface area (Å²) in [5.74, 6) is -1.80. The summed E-state index contributed by atoms with van der Waals surface area (Å²) >= 11 is 0. The first-order valence-electron chi connectivity index (χ1n) is 8.88. The predicted molar refractivity (Wildman–Crippen MR) is 107 cm³/mol. The molecule has 7 nitrogen and oxygen atoms in total. The Labute approximate surface area is 169 Å². The highest BCUT2D eigenvalue weighted by Gasteiger charge is 2.18. The number of amides is 1. The highest BCUT2D eigenvalue weighted by molar-refractivity contribution is 6.17. The number of hydrogen-bond donors (Lipinski definition) is 2. The number of carbonyl (C=O) groups excluding carboxylic acids is 2. The van der Waals surface area contributed by atoms with Crippen molar-refractivity contribution in [3.05, 3.63) is 106 Å². The first-order chi connectivity index (χ1) is 14.5. The highest BCUT2D eigenvalue weighted by Crippen LogP contribution is 2.21. The average molecular weight is 403 g/mol. The van der Waals surface area contributed by atoms with E-state index in [2.05, 4.69) is 20.0 Å². The minimum Gasteiger partial charge on any atom is -0.322 e. The van der Waals surface area contributed by atoms with Crippen molar-refractivity contribution >= 4 is 17.4 Å². The Kier molecular flexibility index (Phi) is 5.04. The Bertz CT molecular complexity index is 1290. The number of carbonyl (C=O) groups is 2. The number of benzene rings is 3. The van der Waals surface area contributed by atoms with Gasteiger partial charge in [-0.2, -0.15) is 0 Å². The van der Waals surface area contributed by atoms with Crippen LogP contribution in [0.25, 0.3) is 11.4 Å². The molecule has 0 fully saturated rings. The van der Waals surface area contributed by atoms with E-state index in [0.29, 0.717) is 11.3 Å². The van der Waals surface area contributed by atoms with Gasteiger partial charge in [-0.3, -0.25) is 19.1 Å². The molecule has 0 aliphatic carbocycles. The van der Waals surface area contributed by atoms with Gasteiger partial charge in [0.15, 0.2) is 11.6 Å². The average Bonchev–Trinajstić information content (AvgIpc) is 3.20. The van der Waals surface area contributed by atoms with Crippen LogP contribution in [0, 0.1) is 5.82 Å². The molecule has 1 heterocycles. The van der Waals surface area contributed by atoms with Gasteiger partial charge in [0.1, 0.15) is 5.82 Å². The van der Waals surface area contributed by atoms with Gasteiger partial charge < -0.3 is 5.32 Å². The Hall–Kier alpha value is -4.33. The lowest BCUT2D eigenvalue weighted by atomic mass is 9.98. The van der Waals surface area contributed by atoms with Crippen LogP contribution in [-0.4, -0.2) is 21.8 Å². The first kappa shape index (κ1) is 19.0. The summed E-state index contributed by atoms with van der Waals surface area (Å²) in [6.45, 7) is 0. The molecule has 0 saturated carbocycles. The van der Waals surface area contributed by atoms with Crippen molar-refractivity contribution in [1.29, 1.82) is 0 Å². The highest BCUT2D eigenvalue weighted by atomic mass is 19.1. The monoisotopic (exact) mass is 403 g/mol. The maximum atomic E-state index is 13.2. The minimum absolute atomic E-state index is 0.173. The van der Waals surface area contributed by atoms with Crippen LogP contribution in [-0.2, 0) is 0 Å². The fourth-order valence-corrected chi connectivity index (χ4v) is 2.93. The maximum absolute atomic E-state index is 13.2. The van der Waals surface area contributed by atoms with Gasteiger partial charge in [0.05, 0.1) is 5.56 Å². The molecule has 0 unspecified atom stereocenters. The second-order valence-corrected chi connectivity index (χ2v) is 6.36. The third-order valence-corrected chi connectivity index (χ3v) is 4.36. The summed E-state index contributed by atoms with van der Waals surface area (Å²) in [4.78, 5) is 39.3. The Morgan fingerprint density at radius 2 is 1.67 bits per heavy atom. The van der Waals surface area contributed by atoms with Crippen LogP contribution in [0.15, 0.2) is 82.1 Å². The van der Waals surface area contributed by atoms with Crippen molar-refractivity contribution < 1.29 is 18.5 Å². The lowest BCUT2D eigenvalue weighted by Gasteiger charge is -2.10. The van der Waals surface area contributed by atoms with Gasteiger partial charge in [-0.1, -0.05) is 35.5 Å². The van der Waals surface area contributed by atoms with E-state index in [-0.39, 0.29) is 22.5 Å². The summed E-state index contributed by atoms with van der Waals surface area (Å²) in [6, 6.07) is 18.1. The third kappa shape index (κ3) is 3.93. The third-order valence-electron chi connectivity index (χ3n) is 4.36. The van der Waals surface area contributed by atoms with Gasteiger partial charge in [0.2, 0.25) is 0 Å². The zero-order chi connectivity index (χ0) is 21.1. The van der Waals surface area contributed by atoms with E-state index < -0.39 is 23.3 Å². The van der Waals surface area contributed by atoms with Crippen LogP contribution in [0.3, 0.4) is 0 Å². The molecule has 0 radical (unpaired) electrons. The van der Waals surface area contributed by atoms with E-state index in [1.54, 1.807) is 36.4 Å². The molecule has 2 N–H and O–H groups in total. The van der Waals surface area contributed by atoms with Crippen molar-refractivity contribution in [3.63, 3.8) is 0 Å². The maximum Gasteiger partial charge on any atom is 0.439 e. The van der Waals surface area contributed by atoms with E-state index >= 15 is 0 Å². The number of hydrogen-bond acceptors (Lipinski definition) is 5. The molecule has 0 spiro atoms. The number of halogens is 1. The minimum atomic E-state index is -0.687. The van der Waals surface area contributed by atoms with E-state index in [4.69, 9.17) is 0 Å². The van der Waals surface area contributed by atoms with Gasteiger partial charge >= 0.3 is 5.76 Å². The molecule has 0 bridgehead atoms. The van der Waals surface area contributed by atoms with Crippen molar-refractivity contribution in [2.24, 2.45) is 0 Å². The summed E-state index contributed by atoms with van der Waals surface area (Å²) in [5.41, 5.74) is 1.61. The molecule has 1 amide bonds. The summed E-state index contributed by atoms with van der Waals surface area (Å²) in [5, 5.41) is 6.34. The lowest BCUT2D eigenvalue weighted by Crippen LogP contribution is -2.17. The van der Waals surface area contributed by atoms with Crippen molar-refractivity contribution in [2.75, 3.05) is 5.32 Å². The number of anilines is 1. The van der Waals surface area contributed by atoms with Crippen molar-refractivity contribution in [1.82, 2.24) is 10.1 Å². The van der Waals surface area contributed by atoms with E-state index in [9.17, 15) is 18.8 Å². The number of nitrogens with zero attached hydrogens (tertiary/aromatic N) is 1. The first-order valence-corrected chi connectivity index (χ1v) is 8.88. The standard InChI is InChI=1S/C22H14FN3O4/c23-15-10-8-13(9-11-15)19(27)17-6-1-2-7-18(17)21(28)24-16-5-3-4-14(12-16)20-25-22(29)30-26-20/h1-12H,(H,24,28)(H,25,26,29). The van der Waals surface area contributed by atoms with E-state index in [0.717, 1.165) is 0 Å². The van der Waals surface area contributed by atoms with Crippen LogP contribution in [0.4, 0.5) is 10.1 Å². The molecule has 4 rings (SSSR count). The van der Waals surface area contributed by atoms with Gasteiger partial charge in [-0.25, -0.2) is 9.18 Å². The zero-order valence-electron chi connectivity index (χ0n) is 15.4. The molecule has 0 atom stereocenters.